The molecule has 13 heteroatoms. The van der Waals surface area contributed by atoms with Crippen LogP contribution in [0, 0.1) is 5.41 Å². The van der Waals surface area contributed by atoms with Crippen molar-refractivity contribution in [2.24, 2.45) is 5.73 Å². The zero-order valence-corrected chi connectivity index (χ0v) is 25.3. The number of hydrogen-bond donors (Lipinski definition) is 4. The van der Waals surface area contributed by atoms with Crippen molar-refractivity contribution in [1.29, 1.82) is 5.41 Å². The predicted molar refractivity (Wildman–Crippen MR) is 172 cm³/mol. The Morgan fingerprint density at radius 3 is 2.39 bits per heavy atom. The molecule has 234 valence electrons. The molecule has 0 aliphatic carbocycles. The largest absolute Gasteiger partial charge is 0.479 e. The van der Waals surface area contributed by atoms with E-state index in [-0.39, 0.29) is 34.7 Å². The summed E-state index contributed by atoms with van der Waals surface area (Å²) in [6, 6.07) is 23.1. The third kappa shape index (κ3) is 5.76. The van der Waals surface area contributed by atoms with Crippen LogP contribution in [0.25, 0.3) is 21.7 Å². The summed E-state index contributed by atoms with van der Waals surface area (Å²) in [4.78, 5) is 40.1. The second-order valence-corrected chi connectivity index (χ2v) is 12.3. The van der Waals surface area contributed by atoms with Crippen LogP contribution in [-0.4, -0.2) is 54.3 Å². The minimum absolute atomic E-state index is 0.0404. The predicted octanol–water partition coefficient (Wildman–Crippen LogP) is 4.88. The van der Waals surface area contributed by atoms with Gasteiger partial charge in [-0.15, -0.1) is 0 Å². The van der Waals surface area contributed by atoms with Crippen LogP contribution in [-0.2, 0) is 30.8 Å². The molecule has 2 amide bonds. The molecular formula is C33H29N5O7S. The number of pyridine rings is 1. The second kappa shape index (κ2) is 12.8. The number of hydrogen-bond acceptors (Lipinski definition) is 9. The summed E-state index contributed by atoms with van der Waals surface area (Å²) in [5.41, 5.74) is 7.56. The average molecular weight is 640 g/mol. The lowest BCUT2D eigenvalue weighted by Gasteiger charge is -2.26. The normalized spacial score (nSPS) is 12.7. The first kappa shape index (κ1) is 31.8. The minimum atomic E-state index is -4.76. The van der Waals surface area contributed by atoms with Crippen LogP contribution in [0.5, 0.6) is 0 Å². The maximum absolute atomic E-state index is 14.0. The number of aliphatic carboxylic acids is 1. The molecule has 12 nitrogen and oxygen atoms in total. The van der Waals surface area contributed by atoms with Gasteiger partial charge in [-0.05, 0) is 65.2 Å². The van der Waals surface area contributed by atoms with Crippen LogP contribution >= 0.6 is 0 Å². The SMILES string of the molecule is CCOC(=O)Nc1ccc(CN(C=N)C(=O)c2cccc3cc(C(N)(C(=O)O)S(=O)(=O)c4cccc5cccnc45)ccc23)cc1. The standard InChI is InChI=1S/C33H29N5O7S/c1-2-45-32(42)37-25-14-11-21(12-15-25)19-38(20-34)30(39)27-9-3-7-23-18-24(13-16-26(23)27)33(35,31(40)41)46(43,44)28-10-4-6-22-8-5-17-36-29(22)28/h3-18,20,34H,2,19,35H2,1H3,(H,37,42)(H,40,41). The number of carboxylic acids is 1. The highest BCUT2D eigenvalue weighted by Crippen LogP contribution is 2.36. The first-order valence-corrected chi connectivity index (χ1v) is 15.5. The van der Waals surface area contributed by atoms with Gasteiger partial charge in [0.2, 0.25) is 14.7 Å². The second-order valence-electron chi connectivity index (χ2n) is 10.2. The Morgan fingerprint density at radius 1 is 1.00 bits per heavy atom. The molecule has 0 aliphatic heterocycles. The summed E-state index contributed by atoms with van der Waals surface area (Å²) in [5.74, 6) is -2.31. The molecule has 46 heavy (non-hydrogen) atoms. The van der Waals surface area contributed by atoms with Crippen molar-refractivity contribution < 1.29 is 32.6 Å². The molecule has 1 unspecified atom stereocenters. The fourth-order valence-electron chi connectivity index (χ4n) is 5.07. The molecule has 0 fully saturated rings. The lowest BCUT2D eigenvalue weighted by atomic mass is 9.98. The number of aromatic nitrogens is 1. The number of sulfone groups is 1. The number of fused-ring (bicyclic) bond motifs is 2. The van der Waals surface area contributed by atoms with E-state index in [1.807, 2.05) is 0 Å². The van der Waals surface area contributed by atoms with Crippen molar-refractivity contribution in [3.8, 4) is 0 Å². The molecule has 0 saturated heterocycles. The van der Waals surface area contributed by atoms with E-state index < -0.39 is 32.7 Å². The maximum atomic E-state index is 14.0. The number of amides is 2. The Morgan fingerprint density at radius 2 is 1.70 bits per heavy atom. The summed E-state index contributed by atoms with van der Waals surface area (Å²) < 4.78 is 32.8. The number of carboxylic acid groups (broad SMARTS) is 1. The molecule has 5 rings (SSSR count). The number of para-hydroxylation sites is 1. The van der Waals surface area contributed by atoms with Crippen LogP contribution in [0.15, 0.2) is 102 Å². The van der Waals surface area contributed by atoms with Gasteiger partial charge in [0.05, 0.1) is 29.9 Å². The number of nitrogens with one attached hydrogen (secondary N) is 2. The van der Waals surface area contributed by atoms with E-state index in [1.54, 1.807) is 67.6 Å². The van der Waals surface area contributed by atoms with Crippen LogP contribution in [0.2, 0.25) is 0 Å². The molecule has 0 aliphatic rings. The zero-order chi connectivity index (χ0) is 33.1. The molecule has 0 saturated carbocycles. The molecule has 1 atom stereocenters. The van der Waals surface area contributed by atoms with Gasteiger partial charge in [-0.25, -0.2) is 18.0 Å². The number of carbonyl (C=O) groups is 3. The van der Waals surface area contributed by atoms with Crippen molar-refractivity contribution in [2.45, 2.75) is 23.2 Å². The van der Waals surface area contributed by atoms with E-state index in [4.69, 9.17) is 15.9 Å². The fraction of sp³-hybridized carbons (Fsp3) is 0.121. The first-order valence-electron chi connectivity index (χ1n) is 14.0. The molecule has 1 heterocycles. The van der Waals surface area contributed by atoms with Crippen LogP contribution < -0.4 is 11.1 Å². The summed E-state index contributed by atoms with van der Waals surface area (Å²) in [6.45, 7) is 1.96. The summed E-state index contributed by atoms with van der Waals surface area (Å²) in [7, 11) is -4.76. The quantitative estimate of drug-likeness (QED) is 0.122. The molecular weight excluding hydrogens is 610 g/mol. The lowest BCUT2D eigenvalue weighted by Crippen LogP contribution is -2.51. The Kier molecular flexibility index (Phi) is 8.80. The topological polar surface area (TPSA) is 193 Å². The van der Waals surface area contributed by atoms with Crippen molar-refractivity contribution >= 4 is 61.5 Å². The van der Waals surface area contributed by atoms with E-state index in [2.05, 4.69) is 10.3 Å². The van der Waals surface area contributed by atoms with Gasteiger partial charge in [0.25, 0.3) is 5.91 Å². The van der Waals surface area contributed by atoms with Gasteiger partial charge in [0.15, 0.2) is 0 Å². The average Bonchev–Trinajstić information content (AvgIpc) is 3.06. The Hall–Kier alpha value is -5.66. The summed E-state index contributed by atoms with van der Waals surface area (Å²) >= 11 is 0. The zero-order valence-electron chi connectivity index (χ0n) is 24.5. The van der Waals surface area contributed by atoms with E-state index >= 15 is 0 Å². The molecule has 0 bridgehead atoms. The summed E-state index contributed by atoms with van der Waals surface area (Å²) in [6.07, 6.45) is 1.70. The first-order chi connectivity index (χ1) is 22.0. The van der Waals surface area contributed by atoms with Crippen molar-refractivity contribution in [2.75, 3.05) is 11.9 Å². The van der Waals surface area contributed by atoms with Gasteiger partial charge in [0.1, 0.15) is 0 Å². The third-order valence-corrected chi connectivity index (χ3v) is 9.58. The highest BCUT2D eigenvalue weighted by molar-refractivity contribution is 7.93. The monoisotopic (exact) mass is 639 g/mol. The van der Waals surface area contributed by atoms with Gasteiger partial charge in [-0.2, -0.15) is 0 Å². The van der Waals surface area contributed by atoms with Gasteiger partial charge < -0.3 is 9.84 Å². The van der Waals surface area contributed by atoms with Crippen LogP contribution in [0.4, 0.5) is 10.5 Å². The highest BCUT2D eigenvalue weighted by atomic mass is 32.2. The van der Waals surface area contributed by atoms with Crippen molar-refractivity contribution in [3.63, 3.8) is 0 Å². The molecule has 1 aromatic heterocycles. The third-order valence-electron chi connectivity index (χ3n) is 7.41. The number of carbonyl (C=O) groups excluding carboxylic acids is 2. The number of rotatable bonds is 10. The maximum Gasteiger partial charge on any atom is 0.411 e. The van der Waals surface area contributed by atoms with E-state index in [0.29, 0.717) is 27.4 Å². The molecule has 4 aromatic carbocycles. The van der Waals surface area contributed by atoms with E-state index in [0.717, 1.165) is 6.34 Å². The molecule has 5 N–H and O–H groups in total. The van der Waals surface area contributed by atoms with E-state index in [1.165, 1.54) is 41.4 Å². The lowest BCUT2D eigenvalue weighted by molar-refractivity contribution is -0.140. The van der Waals surface area contributed by atoms with Gasteiger partial charge in [0, 0.05) is 22.8 Å². The highest BCUT2D eigenvalue weighted by Gasteiger charge is 2.51. The van der Waals surface area contributed by atoms with Crippen LogP contribution in [0.1, 0.15) is 28.4 Å². The molecule has 0 spiro atoms. The minimum Gasteiger partial charge on any atom is -0.479 e. The van der Waals surface area contributed by atoms with Crippen molar-refractivity contribution in [1.82, 2.24) is 9.88 Å². The fourth-order valence-corrected chi connectivity index (χ4v) is 6.76. The Labute approximate surface area is 263 Å². The van der Waals surface area contributed by atoms with Gasteiger partial charge in [-0.3, -0.25) is 31.1 Å². The smallest absolute Gasteiger partial charge is 0.411 e. The van der Waals surface area contributed by atoms with E-state index in [9.17, 15) is 27.9 Å². The number of anilines is 1. The Bertz CT molecular complexity index is 2100. The molecule has 5 aromatic rings. The number of nitrogens with two attached hydrogens (primary N) is 1. The number of benzene rings is 4. The van der Waals surface area contributed by atoms with Gasteiger partial charge >= 0.3 is 12.1 Å². The van der Waals surface area contributed by atoms with Crippen LogP contribution in [0.3, 0.4) is 0 Å². The number of nitrogens with zero attached hydrogens (tertiary/aromatic N) is 2. The summed E-state index contributed by atoms with van der Waals surface area (Å²) in [5, 5.41) is 22.0. The molecule has 0 radical (unpaired) electrons. The Balaban J connectivity index is 1.48. The van der Waals surface area contributed by atoms with Gasteiger partial charge in [-0.1, -0.05) is 54.6 Å². The van der Waals surface area contributed by atoms with Crippen molar-refractivity contribution in [3.05, 3.63) is 114 Å². The number of ether oxygens (including phenoxy) is 1.